The number of aliphatic imine (C=N–C) groups is 1. The SMILES string of the molecule is COC(=O)C1CC=CCc2ccc3[nH]c4ccc(cc4c3c2)CC(NC(C)=O)C(=O)N[C@@H](CCCN=C(N)N)C(=O)N1. The number of rotatable bonds is 6. The van der Waals surface area contributed by atoms with E-state index in [1.807, 2.05) is 42.5 Å². The molecule has 1 aromatic heterocycles. The van der Waals surface area contributed by atoms with E-state index in [0.717, 1.165) is 32.9 Å². The summed E-state index contributed by atoms with van der Waals surface area (Å²) < 4.78 is 4.92. The van der Waals surface area contributed by atoms with Gasteiger partial charge in [-0.15, -0.1) is 0 Å². The molecular formula is C30H37N7O5. The van der Waals surface area contributed by atoms with Crippen molar-refractivity contribution in [1.82, 2.24) is 20.9 Å². The summed E-state index contributed by atoms with van der Waals surface area (Å²) in [4.78, 5) is 58.9. The molecule has 0 radical (unpaired) electrons. The molecule has 8 N–H and O–H groups in total. The molecule has 42 heavy (non-hydrogen) atoms. The Hall–Kier alpha value is -4.87. The van der Waals surface area contributed by atoms with Gasteiger partial charge in [0.1, 0.15) is 18.1 Å². The highest BCUT2D eigenvalue weighted by Gasteiger charge is 2.29. The number of allylic oxidation sites excluding steroid dienone is 1. The number of nitrogens with zero attached hydrogens (tertiary/aromatic N) is 1. The summed E-state index contributed by atoms with van der Waals surface area (Å²) in [7, 11) is 1.25. The monoisotopic (exact) mass is 575 g/mol. The van der Waals surface area contributed by atoms with Gasteiger partial charge in [-0.1, -0.05) is 24.3 Å². The van der Waals surface area contributed by atoms with Crippen molar-refractivity contribution in [2.24, 2.45) is 16.5 Å². The number of carbonyl (C=O) groups is 4. The Morgan fingerprint density at radius 3 is 2.36 bits per heavy atom. The number of fused-ring (bicyclic) bond motifs is 2. The fourth-order valence-electron chi connectivity index (χ4n) is 5.06. The molecule has 0 saturated carbocycles. The van der Waals surface area contributed by atoms with Gasteiger partial charge in [-0.05, 0) is 61.1 Å². The number of hydrogen-bond donors (Lipinski definition) is 6. The number of nitrogens with two attached hydrogens (primary N) is 2. The van der Waals surface area contributed by atoms with Crippen LogP contribution in [0.5, 0.6) is 0 Å². The van der Waals surface area contributed by atoms with Gasteiger partial charge in [0.25, 0.3) is 0 Å². The van der Waals surface area contributed by atoms with Crippen molar-refractivity contribution in [3.63, 3.8) is 0 Å². The average Bonchev–Trinajstić information content (AvgIpc) is 3.31. The highest BCUT2D eigenvalue weighted by atomic mass is 16.5. The van der Waals surface area contributed by atoms with E-state index in [-0.39, 0.29) is 37.7 Å². The molecule has 3 aromatic rings. The summed E-state index contributed by atoms with van der Waals surface area (Å²) in [6.45, 7) is 1.57. The van der Waals surface area contributed by atoms with Crippen molar-refractivity contribution in [2.45, 2.75) is 57.2 Å². The first-order valence-electron chi connectivity index (χ1n) is 13.8. The highest BCUT2D eigenvalue weighted by Crippen LogP contribution is 2.28. The number of aromatic amines is 1. The minimum atomic E-state index is -1.02. The quantitative estimate of drug-likeness (QED) is 0.0831. The van der Waals surface area contributed by atoms with Crippen LogP contribution in [0.3, 0.4) is 0 Å². The minimum absolute atomic E-state index is 0.0840. The molecule has 3 atom stereocenters. The Morgan fingerprint density at radius 1 is 1.00 bits per heavy atom. The fraction of sp³-hybridized carbons (Fsp3) is 0.367. The van der Waals surface area contributed by atoms with Gasteiger partial charge >= 0.3 is 5.97 Å². The van der Waals surface area contributed by atoms with E-state index >= 15 is 0 Å². The number of ether oxygens (including phenoxy) is 1. The van der Waals surface area contributed by atoms with Gasteiger partial charge in [-0.2, -0.15) is 0 Å². The zero-order chi connectivity index (χ0) is 30.2. The molecular weight excluding hydrogens is 538 g/mol. The van der Waals surface area contributed by atoms with Crippen LogP contribution >= 0.6 is 0 Å². The predicted octanol–water partition coefficient (Wildman–Crippen LogP) is 1.07. The number of hydrogen-bond acceptors (Lipinski definition) is 6. The summed E-state index contributed by atoms with van der Waals surface area (Å²) >= 11 is 0. The molecule has 2 heterocycles. The fourth-order valence-corrected chi connectivity index (χ4v) is 5.06. The Bertz CT molecular complexity index is 1540. The van der Waals surface area contributed by atoms with Crippen molar-refractivity contribution in [3.8, 4) is 0 Å². The second kappa shape index (κ2) is 13.7. The normalized spacial score (nSPS) is 19.7. The van der Waals surface area contributed by atoms with E-state index in [1.165, 1.54) is 14.0 Å². The largest absolute Gasteiger partial charge is 0.467 e. The van der Waals surface area contributed by atoms with Crippen LogP contribution in [0, 0.1) is 0 Å². The number of esters is 1. The van der Waals surface area contributed by atoms with Crippen molar-refractivity contribution in [1.29, 1.82) is 0 Å². The third-order valence-corrected chi connectivity index (χ3v) is 7.13. The lowest BCUT2D eigenvalue weighted by molar-refractivity contribution is -0.145. The van der Waals surface area contributed by atoms with Crippen molar-refractivity contribution >= 4 is 51.5 Å². The van der Waals surface area contributed by atoms with Crippen LogP contribution in [0.25, 0.3) is 21.8 Å². The molecule has 3 amide bonds. The zero-order valence-corrected chi connectivity index (χ0v) is 23.7. The van der Waals surface area contributed by atoms with Crippen LogP contribution in [0.4, 0.5) is 0 Å². The lowest BCUT2D eigenvalue weighted by atomic mass is 10.0. The van der Waals surface area contributed by atoms with Crippen molar-refractivity contribution in [2.75, 3.05) is 13.7 Å². The van der Waals surface area contributed by atoms with Gasteiger partial charge < -0.3 is 37.1 Å². The summed E-state index contributed by atoms with van der Waals surface area (Å²) in [6.07, 6.45) is 5.34. The standard InChI is InChI=1S/C30H37N7O5/c1-17(38)34-26-16-19-10-12-23-21(15-19)20-14-18(9-11-22(20)35-23)6-3-4-7-25(29(41)42-2)37-27(39)24(36-28(26)40)8-5-13-33-30(31)32/h3-4,9-12,14-15,24-26,35H,5-8,13,16H2,1-2H3,(H,34,38)(H,36,40)(H,37,39)(H4,31,32,33)/t24-,25?,26?/m0/s1. The van der Waals surface area contributed by atoms with Gasteiger partial charge in [0.15, 0.2) is 5.96 Å². The van der Waals surface area contributed by atoms with Crippen LogP contribution in [-0.2, 0) is 36.8 Å². The molecule has 0 saturated heterocycles. The van der Waals surface area contributed by atoms with Crippen molar-refractivity contribution in [3.05, 3.63) is 59.7 Å². The van der Waals surface area contributed by atoms with Crippen molar-refractivity contribution < 1.29 is 23.9 Å². The number of amides is 3. The summed E-state index contributed by atoms with van der Waals surface area (Å²) in [6, 6.07) is 9.10. The van der Waals surface area contributed by atoms with E-state index in [4.69, 9.17) is 16.2 Å². The molecule has 1 aliphatic heterocycles. The number of benzene rings is 2. The lowest BCUT2D eigenvalue weighted by Gasteiger charge is -2.24. The maximum Gasteiger partial charge on any atom is 0.328 e. The Labute approximate surface area is 243 Å². The third kappa shape index (κ3) is 7.65. The second-order valence-electron chi connectivity index (χ2n) is 10.3. The Morgan fingerprint density at radius 2 is 1.69 bits per heavy atom. The minimum Gasteiger partial charge on any atom is -0.467 e. The Balaban J connectivity index is 1.72. The van der Waals surface area contributed by atoms with Crippen LogP contribution in [0.1, 0.15) is 37.3 Å². The maximum absolute atomic E-state index is 13.5. The molecule has 2 unspecified atom stereocenters. The van der Waals surface area contributed by atoms with E-state index in [1.54, 1.807) is 0 Å². The van der Waals surface area contributed by atoms with Gasteiger partial charge in [0.05, 0.1) is 7.11 Å². The van der Waals surface area contributed by atoms with Gasteiger partial charge in [0.2, 0.25) is 17.7 Å². The Kier molecular flexibility index (Phi) is 9.79. The van der Waals surface area contributed by atoms with Crippen LogP contribution in [-0.4, -0.2) is 66.4 Å². The van der Waals surface area contributed by atoms with Gasteiger partial charge in [0, 0.05) is 41.7 Å². The van der Waals surface area contributed by atoms with E-state index in [9.17, 15) is 19.2 Å². The molecule has 1 aliphatic rings. The second-order valence-corrected chi connectivity index (χ2v) is 10.3. The topological polar surface area (TPSA) is 194 Å². The molecule has 4 bridgehead atoms. The van der Waals surface area contributed by atoms with Gasteiger partial charge in [-0.25, -0.2) is 4.79 Å². The summed E-state index contributed by atoms with van der Waals surface area (Å²) in [5.41, 5.74) is 14.7. The van der Waals surface area contributed by atoms with E-state index in [0.29, 0.717) is 12.8 Å². The molecule has 0 aliphatic carbocycles. The number of guanidine groups is 1. The third-order valence-electron chi connectivity index (χ3n) is 7.13. The van der Waals surface area contributed by atoms with Gasteiger partial charge in [-0.3, -0.25) is 19.4 Å². The molecule has 12 nitrogen and oxygen atoms in total. The van der Waals surface area contributed by atoms with E-state index < -0.39 is 35.9 Å². The number of methoxy groups -OCH3 is 1. The molecule has 12 heteroatoms. The zero-order valence-electron chi connectivity index (χ0n) is 23.7. The number of aromatic nitrogens is 1. The number of carbonyl (C=O) groups excluding carboxylic acids is 4. The molecule has 222 valence electrons. The smallest absolute Gasteiger partial charge is 0.328 e. The summed E-state index contributed by atoms with van der Waals surface area (Å²) in [5.74, 6) is -2.19. The lowest BCUT2D eigenvalue weighted by Crippen LogP contribution is -2.56. The molecule has 4 rings (SSSR count). The molecule has 0 fully saturated rings. The van der Waals surface area contributed by atoms with Crippen LogP contribution in [0.2, 0.25) is 0 Å². The van der Waals surface area contributed by atoms with Crippen LogP contribution < -0.4 is 27.4 Å². The highest BCUT2D eigenvalue weighted by molar-refractivity contribution is 6.07. The summed E-state index contributed by atoms with van der Waals surface area (Å²) in [5, 5.41) is 10.2. The average molecular weight is 576 g/mol. The first kappa shape index (κ1) is 30.1. The first-order chi connectivity index (χ1) is 20.1. The number of nitrogens with one attached hydrogen (secondary N) is 4. The first-order valence-corrected chi connectivity index (χ1v) is 13.8. The molecule has 2 aromatic carbocycles. The molecule has 0 spiro atoms. The van der Waals surface area contributed by atoms with Crippen LogP contribution in [0.15, 0.2) is 53.5 Å². The number of H-pyrrole nitrogens is 1. The van der Waals surface area contributed by atoms with E-state index in [2.05, 4.69) is 32.0 Å². The maximum atomic E-state index is 13.5. The predicted molar refractivity (Wildman–Crippen MR) is 160 cm³/mol.